The van der Waals surface area contributed by atoms with Crippen molar-refractivity contribution in [2.24, 2.45) is 0 Å². The van der Waals surface area contributed by atoms with E-state index >= 15 is 0 Å². The van der Waals surface area contributed by atoms with Gasteiger partial charge in [0.15, 0.2) is 5.82 Å². The Labute approximate surface area is 138 Å². The van der Waals surface area contributed by atoms with Crippen molar-refractivity contribution in [3.8, 4) is 28.3 Å². The number of aryl methyl sites for hydroxylation is 1. The molecule has 118 valence electrons. The maximum atomic E-state index is 4.67. The van der Waals surface area contributed by atoms with Crippen molar-refractivity contribution in [3.05, 3.63) is 60.8 Å². The van der Waals surface area contributed by atoms with Crippen LogP contribution in [0.5, 0.6) is 0 Å². The molecule has 0 radical (unpaired) electrons. The molecule has 4 aromatic rings. The Balaban J connectivity index is 1.71. The predicted molar refractivity (Wildman–Crippen MR) is 89.3 cm³/mol. The maximum absolute atomic E-state index is 4.67. The first kappa shape index (κ1) is 14.3. The highest BCUT2D eigenvalue weighted by Crippen LogP contribution is 2.26. The molecule has 0 spiro atoms. The lowest BCUT2D eigenvalue weighted by Gasteiger charge is -2.10. The first-order valence-electron chi connectivity index (χ1n) is 7.67. The molecule has 0 aliphatic heterocycles. The van der Waals surface area contributed by atoms with Crippen LogP contribution in [-0.2, 0) is 6.42 Å². The third kappa shape index (κ3) is 2.56. The lowest BCUT2D eigenvalue weighted by atomic mass is 10.0. The van der Waals surface area contributed by atoms with Gasteiger partial charge >= 0.3 is 0 Å². The van der Waals surface area contributed by atoms with E-state index in [1.807, 2.05) is 41.2 Å². The van der Waals surface area contributed by atoms with E-state index in [1.54, 1.807) is 12.5 Å². The minimum Gasteiger partial charge on any atom is -0.305 e. The van der Waals surface area contributed by atoms with Crippen molar-refractivity contribution in [2.75, 3.05) is 0 Å². The SMILES string of the molecule is CCc1cc(-n2ccnc2)cnc1-c1ccc(-c2nnn[nH]2)cc1. The molecule has 0 saturated carbocycles. The zero-order chi connectivity index (χ0) is 16.4. The number of aromatic amines is 1. The van der Waals surface area contributed by atoms with Crippen molar-refractivity contribution in [3.63, 3.8) is 0 Å². The van der Waals surface area contributed by atoms with Gasteiger partial charge in [-0.1, -0.05) is 31.2 Å². The summed E-state index contributed by atoms with van der Waals surface area (Å²) >= 11 is 0. The van der Waals surface area contributed by atoms with E-state index < -0.39 is 0 Å². The first-order valence-corrected chi connectivity index (χ1v) is 7.67. The van der Waals surface area contributed by atoms with Crippen molar-refractivity contribution in [1.29, 1.82) is 0 Å². The second kappa shape index (κ2) is 6.04. The summed E-state index contributed by atoms with van der Waals surface area (Å²) in [5, 5.41) is 13.9. The molecule has 0 aliphatic carbocycles. The van der Waals surface area contributed by atoms with Gasteiger partial charge in [0, 0.05) is 23.5 Å². The number of aromatic nitrogens is 7. The molecule has 0 saturated heterocycles. The van der Waals surface area contributed by atoms with Gasteiger partial charge in [0.2, 0.25) is 0 Å². The van der Waals surface area contributed by atoms with E-state index in [2.05, 4.69) is 43.6 Å². The molecule has 0 aliphatic rings. The second-order valence-corrected chi connectivity index (χ2v) is 5.35. The molecule has 3 heterocycles. The fraction of sp³-hybridized carbons (Fsp3) is 0.118. The molecule has 0 amide bonds. The molecule has 1 N–H and O–H groups in total. The molecular weight excluding hydrogens is 302 g/mol. The summed E-state index contributed by atoms with van der Waals surface area (Å²) in [6.07, 6.45) is 8.21. The van der Waals surface area contributed by atoms with Crippen LogP contribution in [0.15, 0.2) is 55.2 Å². The van der Waals surface area contributed by atoms with Crippen molar-refractivity contribution in [2.45, 2.75) is 13.3 Å². The molecule has 7 heteroatoms. The average Bonchev–Trinajstić information content (AvgIpc) is 3.35. The number of imidazole rings is 1. The van der Waals surface area contributed by atoms with E-state index in [0.29, 0.717) is 5.82 Å². The van der Waals surface area contributed by atoms with E-state index in [9.17, 15) is 0 Å². The molecule has 0 unspecified atom stereocenters. The third-order valence-electron chi connectivity index (χ3n) is 3.91. The van der Waals surface area contributed by atoms with Gasteiger partial charge in [-0.05, 0) is 28.5 Å². The molecule has 1 aromatic carbocycles. The Morgan fingerprint density at radius 3 is 2.62 bits per heavy atom. The molecule has 4 rings (SSSR count). The number of hydrogen-bond donors (Lipinski definition) is 1. The summed E-state index contributed by atoms with van der Waals surface area (Å²) in [7, 11) is 0. The number of nitrogens with zero attached hydrogens (tertiary/aromatic N) is 6. The van der Waals surface area contributed by atoms with E-state index in [-0.39, 0.29) is 0 Å². The van der Waals surface area contributed by atoms with Crippen LogP contribution in [-0.4, -0.2) is 35.2 Å². The van der Waals surface area contributed by atoms with Crippen LogP contribution in [0.25, 0.3) is 28.3 Å². The number of hydrogen-bond acceptors (Lipinski definition) is 5. The van der Waals surface area contributed by atoms with Gasteiger partial charge in [-0.15, -0.1) is 5.10 Å². The molecule has 0 fully saturated rings. The van der Waals surface area contributed by atoms with Gasteiger partial charge in [-0.3, -0.25) is 4.98 Å². The highest BCUT2D eigenvalue weighted by Gasteiger charge is 2.09. The lowest BCUT2D eigenvalue weighted by Crippen LogP contribution is -1.97. The van der Waals surface area contributed by atoms with Gasteiger partial charge < -0.3 is 4.57 Å². The van der Waals surface area contributed by atoms with Gasteiger partial charge in [0.25, 0.3) is 0 Å². The van der Waals surface area contributed by atoms with E-state index in [4.69, 9.17) is 0 Å². The highest BCUT2D eigenvalue weighted by atomic mass is 15.5. The fourth-order valence-corrected chi connectivity index (χ4v) is 2.65. The van der Waals surface area contributed by atoms with Gasteiger partial charge in [0.05, 0.1) is 23.9 Å². The molecular formula is C17H15N7. The highest BCUT2D eigenvalue weighted by molar-refractivity contribution is 5.68. The number of benzene rings is 1. The van der Waals surface area contributed by atoms with Crippen molar-refractivity contribution >= 4 is 0 Å². The molecule has 7 nitrogen and oxygen atoms in total. The van der Waals surface area contributed by atoms with Crippen LogP contribution in [0.3, 0.4) is 0 Å². The van der Waals surface area contributed by atoms with Crippen LogP contribution in [0.1, 0.15) is 12.5 Å². The lowest BCUT2D eigenvalue weighted by molar-refractivity contribution is 0.881. The summed E-state index contributed by atoms with van der Waals surface area (Å²) in [4.78, 5) is 8.76. The van der Waals surface area contributed by atoms with E-state index in [1.165, 1.54) is 5.56 Å². The Morgan fingerprint density at radius 1 is 1.12 bits per heavy atom. The Bertz CT molecular complexity index is 926. The monoisotopic (exact) mass is 317 g/mol. The minimum absolute atomic E-state index is 0.653. The maximum Gasteiger partial charge on any atom is 0.179 e. The summed E-state index contributed by atoms with van der Waals surface area (Å²) in [5.74, 6) is 0.653. The van der Waals surface area contributed by atoms with Crippen molar-refractivity contribution in [1.82, 2.24) is 35.2 Å². The van der Waals surface area contributed by atoms with Gasteiger partial charge in [-0.2, -0.15) is 0 Å². The second-order valence-electron chi connectivity index (χ2n) is 5.35. The summed E-state index contributed by atoms with van der Waals surface area (Å²) in [6, 6.07) is 10.2. The van der Waals surface area contributed by atoms with Crippen molar-refractivity contribution < 1.29 is 0 Å². The largest absolute Gasteiger partial charge is 0.305 e. The van der Waals surface area contributed by atoms with Crippen LogP contribution >= 0.6 is 0 Å². The van der Waals surface area contributed by atoms with Gasteiger partial charge in [-0.25, -0.2) is 10.1 Å². The Morgan fingerprint density at radius 2 is 1.96 bits per heavy atom. The topological polar surface area (TPSA) is 85.2 Å². The molecule has 24 heavy (non-hydrogen) atoms. The molecule has 3 aromatic heterocycles. The first-order chi connectivity index (χ1) is 11.8. The Hall–Kier alpha value is -3.35. The summed E-state index contributed by atoms with van der Waals surface area (Å²) in [6.45, 7) is 2.13. The number of pyridine rings is 1. The smallest absolute Gasteiger partial charge is 0.179 e. The minimum atomic E-state index is 0.653. The van der Waals surface area contributed by atoms with Crippen LogP contribution in [0, 0.1) is 0 Å². The number of nitrogens with one attached hydrogen (secondary N) is 1. The third-order valence-corrected chi connectivity index (χ3v) is 3.91. The zero-order valence-electron chi connectivity index (χ0n) is 13.1. The normalized spacial score (nSPS) is 10.9. The molecule has 0 bridgehead atoms. The van der Waals surface area contributed by atoms with Crippen LogP contribution < -0.4 is 0 Å². The molecule has 0 atom stereocenters. The quantitative estimate of drug-likeness (QED) is 0.625. The summed E-state index contributed by atoms with van der Waals surface area (Å²) < 4.78 is 1.95. The summed E-state index contributed by atoms with van der Waals surface area (Å²) in [5.41, 5.74) is 5.20. The Kier molecular flexibility index (Phi) is 3.59. The number of rotatable bonds is 4. The fourth-order valence-electron chi connectivity index (χ4n) is 2.65. The zero-order valence-corrected chi connectivity index (χ0v) is 13.1. The standard InChI is InChI=1S/C17H15N7/c1-2-12-9-15(24-8-7-18-11-24)10-19-16(12)13-3-5-14(6-4-13)17-20-22-23-21-17/h3-11H,2H2,1H3,(H,20,21,22,23). The van der Waals surface area contributed by atoms with E-state index in [0.717, 1.165) is 28.9 Å². The predicted octanol–water partition coefficient (Wildman–Crippen LogP) is 2.68. The van der Waals surface area contributed by atoms with Crippen LogP contribution in [0.2, 0.25) is 0 Å². The number of tetrazole rings is 1. The average molecular weight is 317 g/mol. The number of H-pyrrole nitrogens is 1. The van der Waals surface area contributed by atoms with Crippen LogP contribution in [0.4, 0.5) is 0 Å². The van der Waals surface area contributed by atoms with Gasteiger partial charge in [0.1, 0.15) is 0 Å².